The van der Waals surface area contributed by atoms with Crippen molar-refractivity contribution in [1.82, 2.24) is 14.7 Å². The lowest BCUT2D eigenvalue weighted by Crippen LogP contribution is -2.51. The van der Waals surface area contributed by atoms with E-state index in [1.165, 1.54) is 0 Å². The van der Waals surface area contributed by atoms with Gasteiger partial charge in [-0.3, -0.25) is 4.90 Å². The minimum absolute atomic E-state index is 0.134. The number of carbonyl (C=O) groups is 2. The molecule has 2 aliphatic rings. The number of benzene rings is 2. The van der Waals surface area contributed by atoms with Crippen molar-refractivity contribution in [2.45, 2.75) is 19.1 Å². The molecule has 6 heteroatoms. The van der Waals surface area contributed by atoms with Crippen molar-refractivity contribution in [3.8, 4) is 0 Å². The summed E-state index contributed by atoms with van der Waals surface area (Å²) in [7, 11) is 0. The van der Waals surface area contributed by atoms with E-state index in [-0.39, 0.29) is 12.1 Å². The lowest BCUT2D eigenvalue weighted by molar-refractivity contribution is 0.0697. The molecule has 1 atom stereocenters. The van der Waals surface area contributed by atoms with Gasteiger partial charge in [0.2, 0.25) is 0 Å². The first-order valence-electron chi connectivity index (χ1n) is 9.24. The number of carboxylic acid groups (broad SMARTS) is 1. The molecule has 2 aromatic carbocycles. The number of hydrogen-bond acceptors (Lipinski definition) is 3. The summed E-state index contributed by atoms with van der Waals surface area (Å²) in [5.41, 5.74) is 2.56. The average Bonchev–Trinajstić information content (AvgIpc) is 2.98. The highest BCUT2D eigenvalue weighted by atomic mass is 16.4. The first-order chi connectivity index (χ1) is 13.1. The third-order valence-corrected chi connectivity index (χ3v) is 5.34. The van der Waals surface area contributed by atoms with Crippen molar-refractivity contribution in [2.24, 2.45) is 0 Å². The van der Waals surface area contributed by atoms with E-state index in [1.54, 1.807) is 12.1 Å². The SMILES string of the molecule is O=C(O)c1ccc(CN2CCN3C(=O)N(Cc4ccccc4)CC3C2)cc1. The second kappa shape index (κ2) is 7.40. The smallest absolute Gasteiger partial charge is 0.335 e. The standard InChI is InChI=1S/C21H23N3O3/c25-20(26)18-8-6-17(7-9-18)12-22-10-11-24-19(14-22)15-23(21(24)27)13-16-4-2-1-3-5-16/h1-9,19H,10-15H2,(H,25,26). The molecule has 0 aliphatic carbocycles. The van der Waals surface area contributed by atoms with Crippen LogP contribution in [-0.2, 0) is 13.1 Å². The van der Waals surface area contributed by atoms with Crippen molar-refractivity contribution in [2.75, 3.05) is 26.2 Å². The van der Waals surface area contributed by atoms with Gasteiger partial charge in [0, 0.05) is 39.3 Å². The minimum atomic E-state index is -0.905. The predicted molar refractivity (Wildman–Crippen MR) is 101 cm³/mol. The largest absolute Gasteiger partial charge is 0.478 e. The highest BCUT2D eigenvalue weighted by molar-refractivity contribution is 5.87. The van der Waals surface area contributed by atoms with Gasteiger partial charge in [-0.2, -0.15) is 0 Å². The Hall–Kier alpha value is -2.86. The third kappa shape index (κ3) is 3.80. The van der Waals surface area contributed by atoms with E-state index in [9.17, 15) is 9.59 Å². The second-order valence-corrected chi connectivity index (χ2v) is 7.23. The van der Waals surface area contributed by atoms with Gasteiger partial charge in [-0.1, -0.05) is 42.5 Å². The van der Waals surface area contributed by atoms with E-state index in [4.69, 9.17) is 5.11 Å². The third-order valence-electron chi connectivity index (χ3n) is 5.34. The van der Waals surface area contributed by atoms with Gasteiger partial charge in [-0.15, -0.1) is 0 Å². The summed E-state index contributed by atoms with van der Waals surface area (Å²) in [5.74, 6) is -0.905. The van der Waals surface area contributed by atoms with Gasteiger partial charge in [0.15, 0.2) is 0 Å². The van der Waals surface area contributed by atoms with Crippen LogP contribution in [0.2, 0.25) is 0 Å². The Morgan fingerprint density at radius 1 is 0.926 bits per heavy atom. The number of rotatable bonds is 5. The number of nitrogens with zero attached hydrogens (tertiary/aromatic N) is 3. The zero-order chi connectivity index (χ0) is 18.8. The zero-order valence-corrected chi connectivity index (χ0v) is 15.1. The Labute approximate surface area is 158 Å². The van der Waals surface area contributed by atoms with Crippen LogP contribution in [0, 0.1) is 0 Å². The van der Waals surface area contributed by atoms with Crippen LogP contribution in [0.4, 0.5) is 4.79 Å². The molecular formula is C21H23N3O3. The molecule has 2 fully saturated rings. The van der Waals surface area contributed by atoms with E-state index in [0.717, 1.165) is 43.9 Å². The van der Waals surface area contributed by atoms with Crippen LogP contribution < -0.4 is 0 Å². The van der Waals surface area contributed by atoms with Crippen molar-refractivity contribution >= 4 is 12.0 Å². The first kappa shape index (κ1) is 17.5. The number of fused-ring (bicyclic) bond motifs is 1. The summed E-state index contributed by atoms with van der Waals surface area (Å²) in [5, 5.41) is 9.00. The molecule has 2 aliphatic heterocycles. The van der Waals surface area contributed by atoms with E-state index >= 15 is 0 Å². The minimum Gasteiger partial charge on any atom is -0.478 e. The highest BCUT2D eigenvalue weighted by Gasteiger charge is 2.40. The lowest BCUT2D eigenvalue weighted by Gasteiger charge is -2.36. The maximum atomic E-state index is 12.7. The predicted octanol–water partition coefficient (Wildman–Crippen LogP) is 2.51. The molecule has 4 rings (SSSR count). The van der Waals surface area contributed by atoms with Crippen LogP contribution in [0.15, 0.2) is 54.6 Å². The number of urea groups is 1. The van der Waals surface area contributed by atoms with Gasteiger partial charge < -0.3 is 14.9 Å². The second-order valence-electron chi connectivity index (χ2n) is 7.23. The molecule has 2 heterocycles. The normalized spacial score (nSPS) is 20.0. The molecule has 1 unspecified atom stereocenters. The van der Waals surface area contributed by atoms with Crippen LogP contribution in [0.25, 0.3) is 0 Å². The molecule has 1 N–H and O–H groups in total. The number of carboxylic acids is 1. The molecule has 2 saturated heterocycles. The molecule has 0 spiro atoms. The summed E-state index contributed by atoms with van der Waals surface area (Å²) in [6.45, 7) is 4.60. The van der Waals surface area contributed by atoms with Gasteiger partial charge in [0.05, 0.1) is 11.6 Å². The number of amides is 2. The summed E-state index contributed by atoms with van der Waals surface area (Å²) >= 11 is 0. The maximum Gasteiger partial charge on any atom is 0.335 e. The summed E-state index contributed by atoms with van der Waals surface area (Å²) < 4.78 is 0. The Morgan fingerprint density at radius 2 is 1.63 bits per heavy atom. The van der Waals surface area contributed by atoms with Gasteiger partial charge in [0.25, 0.3) is 0 Å². The number of carbonyl (C=O) groups excluding carboxylic acids is 1. The highest BCUT2D eigenvalue weighted by Crippen LogP contribution is 2.23. The molecule has 0 saturated carbocycles. The molecular weight excluding hydrogens is 342 g/mol. The van der Waals surface area contributed by atoms with Crippen LogP contribution in [0.5, 0.6) is 0 Å². The molecule has 27 heavy (non-hydrogen) atoms. The Bertz CT molecular complexity index is 822. The van der Waals surface area contributed by atoms with Crippen LogP contribution >= 0.6 is 0 Å². The van der Waals surface area contributed by atoms with Crippen molar-refractivity contribution in [1.29, 1.82) is 0 Å². The molecule has 140 valence electrons. The van der Waals surface area contributed by atoms with Gasteiger partial charge >= 0.3 is 12.0 Å². The Balaban J connectivity index is 1.37. The molecule has 6 nitrogen and oxygen atoms in total. The van der Waals surface area contributed by atoms with Crippen LogP contribution in [0.1, 0.15) is 21.5 Å². The summed E-state index contributed by atoms with van der Waals surface area (Å²) in [4.78, 5) is 29.9. The Kier molecular flexibility index (Phi) is 4.81. The molecule has 0 aromatic heterocycles. The summed E-state index contributed by atoms with van der Waals surface area (Å²) in [6.07, 6.45) is 0. The van der Waals surface area contributed by atoms with Crippen molar-refractivity contribution in [3.05, 3.63) is 71.3 Å². The van der Waals surface area contributed by atoms with E-state index < -0.39 is 5.97 Å². The van der Waals surface area contributed by atoms with Crippen molar-refractivity contribution in [3.63, 3.8) is 0 Å². The van der Waals surface area contributed by atoms with E-state index in [1.807, 2.05) is 40.1 Å². The molecule has 0 bridgehead atoms. The fraction of sp³-hybridized carbons (Fsp3) is 0.333. The maximum absolute atomic E-state index is 12.7. The number of piperazine rings is 1. The molecule has 0 radical (unpaired) electrons. The zero-order valence-electron chi connectivity index (χ0n) is 15.1. The van der Waals surface area contributed by atoms with Gasteiger partial charge in [0.1, 0.15) is 0 Å². The Morgan fingerprint density at radius 3 is 2.33 bits per heavy atom. The first-order valence-corrected chi connectivity index (χ1v) is 9.24. The lowest BCUT2D eigenvalue weighted by atomic mass is 10.1. The van der Waals surface area contributed by atoms with Gasteiger partial charge in [-0.05, 0) is 23.3 Å². The quantitative estimate of drug-likeness (QED) is 0.884. The van der Waals surface area contributed by atoms with Gasteiger partial charge in [-0.25, -0.2) is 9.59 Å². The number of hydrogen-bond donors (Lipinski definition) is 1. The topological polar surface area (TPSA) is 64.1 Å². The number of aromatic carboxylic acids is 1. The average molecular weight is 365 g/mol. The fourth-order valence-electron chi connectivity index (χ4n) is 3.93. The molecule has 2 aromatic rings. The molecule has 2 amide bonds. The van der Waals surface area contributed by atoms with Crippen LogP contribution in [-0.4, -0.2) is 64.0 Å². The summed E-state index contributed by atoms with van der Waals surface area (Å²) in [6, 6.07) is 17.5. The van der Waals surface area contributed by atoms with Crippen LogP contribution in [0.3, 0.4) is 0 Å². The van der Waals surface area contributed by atoms with E-state index in [0.29, 0.717) is 12.1 Å². The fourth-order valence-corrected chi connectivity index (χ4v) is 3.93. The van der Waals surface area contributed by atoms with E-state index in [2.05, 4.69) is 17.0 Å². The van der Waals surface area contributed by atoms with Crippen molar-refractivity contribution < 1.29 is 14.7 Å². The monoisotopic (exact) mass is 365 g/mol.